The molecule has 1 nitrogen and oxygen atoms in total. The van der Waals surface area contributed by atoms with Crippen LogP contribution in [0.2, 0.25) is 19.6 Å². The van der Waals surface area contributed by atoms with E-state index in [1.165, 1.54) is 12.0 Å². The van der Waals surface area contributed by atoms with E-state index in [-0.39, 0.29) is 4.75 Å². The predicted molar refractivity (Wildman–Crippen MR) is 88.5 cm³/mol. The monoisotopic (exact) mass is 286 g/mol. The van der Waals surface area contributed by atoms with Crippen LogP contribution in [0.4, 0.5) is 0 Å². The fraction of sp³-hybridized carbons (Fsp3) is 0.733. The lowest BCUT2D eigenvalue weighted by Crippen LogP contribution is -2.25. The Hall–Kier alpha value is -0.153. The fourth-order valence-corrected chi connectivity index (χ4v) is 3.74. The molecule has 0 fully saturated rings. The Morgan fingerprint density at radius 2 is 1.83 bits per heavy atom. The van der Waals surface area contributed by atoms with Crippen molar-refractivity contribution >= 4 is 20.1 Å². The predicted octanol–water partition coefficient (Wildman–Crippen LogP) is 5.96. The summed E-state index contributed by atoms with van der Waals surface area (Å²) >= 11 is 1.84. The molecule has 0 N–H and O–H groups in total. The highest BCUT2D eigenvalue weighted by Gasteiger charge is 2.21. The Morgan fingerprint density at radius 1 is 1.28 bits per heavy atom. The Balaban J connectivity index is 4.45. The molecule has 0 rings (SSSR count). The molecule has 0 aliphatic heterocycles. The summed E-state index contributed by atoms with van der Waals surface area (Å²) in [4.78, 5) is 0. The van der Waals surface area contributed by atoms with Gasteiger partial charge in [-0.15, -0.1) is 6.58 Å². The standard InChI is InChI=1S/C15H30OSSi/c1-13(2)11-9-10-12-14(16-18(6,7)8)17-15(3,4)5/h12H,1,9-11H2,2-8H3/b14-12-. The summed E-state index contributed by atoms with van der Waals surface area (Å²) < 4.78 is 6.37. The van der Waals surface area contributed by atoms with Crippen LogP contribution in [0.25, 0.3) is 0 Å². The normalized spacial score (nSPS) is 13.6. The first-order valence-corrected chi connectivity index (χ1v) is 10.9. The molecular weight excluding hydrogens is 256 g/mol. The van der Waals surface area contributed by atoms with Crippen molar-refractivity contribution < 1.29 is 4.43 Å². The molecule has 0 bridgehead atoms. The zero-order valence-electron chi connectivity index (χ0n) is 13.2. The van der Waals surface area contributed by atoms with Gasteiger partial charge in [0, 0.05) is 4.75 Å². The van der Waals surface area contributed by atoms with Crippen molar-refractivity contribution in [3.8, 4) is 0 Å². The van der Waals surface area contributed by atoms with Gasteiger partial charge in [-0.3, -0.25) is 0 Å². The van der Waals surface area contributed by atoms with Crippen LogP contribution < -0.4 is 0 Å². The van der Waals surface area contributed by atoms with Crippen LogP contribution >= 0.6 is 11.8 Å². The summed E-state index contributed by atoms with van der Waals surface area (Å²) in [7, 11) is -1.51. The van der Waals surface area contributed by atoms with E-state index in [1.54, 1.807) is 0 Å². The molecule has 0 spiro atoms. The van der Waals surface area contributed by atoms with Gasteiger partial charge in [0.1, 0.15) is 5.09 Å². The SMILES string of the molecule is C=C(C)CCC/C=C(/O[Si](C)(C)C)SC(C)(C)C. The third-order valence-corrected chi connectivity index (χ3v) is 3.98. The second-order valence-electron chi connectivity index (χ2n) is 6.80. The summed E-state index contributed by atoms with van der Waals surface area (Å²) in [5.74, 6) is 0. The topological polar surface area (TPSA) is 9.23 Å². The van der Waals surface area contributed by atoms with Crippen molar-refractivity contribution in [2.24, 2.45) is 0 Å². The van der Waals surface area contributed by atoms with Gasteiger partial charge in [0.15, 0.2) is 0 Å². The molecule has 0 saturated heterocycles. The van der Waals surface area contributed by atoms with Crippen LogP contribution in [0, 0.1) is 0 Å². The Kier molecular flexibility index (Phi) is 7.38. The summed E-state index contributed by atoms with van der Waals surface area (Å²) in [6.45, 7) is 19.4. The van der Waals surface area contributed by atoms with Crippen molar-refractivity contribution in [2.75, 3.05) is 0 Å². The number of allylic oxidation sites excluding steroid dienone is 2. The molecule has 0 atom stereocenters. The molecule has 0 amide bonds. The van der Waals surface area contributed by atoms with Gasteiger partial charge < -0.3 is 4.43 Å². The number of unbranched alkanes of at least 4 members (excludes halogenated alkanes) is 1. The van der Waals surface area contributed by atoms with Crippen molar-refractivity contribution in [3.63, 3.8) is 0 Å². The van der Waals surface area contributed by atoms with E-state index in [4.69, 9.17) is 4.43 Å². The van der Waals surface area contributed by atoms with Crippen LogP contribution in [0.15, 0.2) is 23.3 Å². The molecule has 0 unspecified atom stereocenters. The molecular formula is C15H30OSSi. The molecule has 18 heavy (non-hydrogen) atoms. The fourth-order valence-electron chi connectivity index (χ4n) is 1.33. The molecule has 106 valence electrons. The Morgan fingerprint density at radius 3 is 2.22 bits per heavy atom. The van der Waals surface area contributed by atoms with E-state index in [0.717, 1.165) is 17.9 Å². The van der Waals surface area contributed by atoms with Gasteiger partial charge >= 0.3 is 0 Å². The third-order valence-electron chi connectivity index (χ3n) is 1.93. The van der Waals surface area contributed by atoms with Gasteiger partial charge in [-0.2, -0.15) is 0 Å². The maximum atomic E-state index is 6.16. The molecule has 0 aromatic carbocycles. The second-order valence-corrected chi connectivity index (χ2v) is 13.1. The summed E-state index contributed by atoms with van der Waals surface area (Å²) in [6.07, 6.45) is 5.61. The minimum absolute atomic E-state index is 0.208. The molecule has 3 heteroatoms. The van der Waals surface area contributed by atoms with E-state index in [0.29, 0.717) is 0 Å². The van der Waals surface area contributed by atoms with Crippen LogP contribution in [0.3, 0.4) is 0 Å². The number of hydrogen-bond acceptors (Lipinski definition) is 2. The minimum atomic E-state index is -1.51. The summed E-state index contributed by atoms with van der Waals surface area (Å²) in [5, 5.41) is 1.11. The van der Waals surface area contributed by atoms with E-state index in [2.05, 4.69) is 60.0 Å². The van der Waals surface area contributed by atoms with Gasteiger partial charge in [0.2, 0.25) is 8.32 Å². The van der Waals surface area contributed by atoms with Gasteiger partial charge in [0.05, 0.1) is 0 Å². The first kappa shape index (κ1) is 17.8. The van der Waals surface area contributed by atoms with Gasteiger partial charge in [-0.05, 0) is 51.9 Å². The van der Waals surface area contributed by atoms with E-state index in [9.17, 15) is 0 Å². The van der Waals surface area contributed by atoms with Crippen LogP contribution in [0.1, 0.15) is 47.0 Å². The largest absolute Gasteiger partial charge is 0.540 e. The van der Waals surface area contributed by atoms with Crippen molar-refractivity contribution in [1.29, 1.82) is 0 Å². The average Bonchev–Trinajstić information content (AvgIpc) is 2.06. The van der Waals surface area contributed by atoms with Crippen LogP contribution in [-0.4, -0.2) is 13.1 Å². The molecule has 0 aliphatic rings. The first-order valence-electron chi connectivity index (χ1n) is 6.72. The van der Waals surface area contributed by atoms with Crippen molar-refractivity contribution in [1.82, 2.24) is 0 Å². The zero-order valence-corrected chi connectivity index (χ0v) is 15.0. The quantitative estimate of drug-likeness (QED) is 0.247. The summed E-state index contributed by atoms with van der Waals surface area (Å²) in [5.41, 5.74) is 1.26. The van der Waals surface area contributed by atoms with Crippen LogP contribution in [0.5, 0.6) is 0 Å². The number of thioether (sulfide) groups is 1. The van der Waals surface area contributed by atoms with Gasteiger partial charge in [-0.25, -0.2) is 0 Å². The highest BCUT2D eigenvalue weighted by Crippen LogP contribution is 2.34. The summed E-state index contributed by atoms with van der Waals surface area (Å²) in [6, 6.07) is 0. The zero-order chi connectivity index (χ0) is 14.4. The van der Waals surface area contributed by atoms with Crippen molar-refractivity contribution in [3.05, 3.63) is 23.3 Å². The third kappa shape index (κ3) is 12.3. The number of hydrogen-bond donors (Lipinski definition) is 0. The van der Waals surface area contributed by atoms with E-state index in [1.807, 2.05) is 11.8 Å². The second kappa shape index (κ2) is 7.44. The highest BCUT2D eigenvalue weighted by atomic mass is 32.2. The maximum absolute atomic E-state index is 6.16. The molecule has 0 aromatic rings. The Labute approximate surface area is 119 Å². The van der Waals surface area contributed by atoms with E-state index < -0.39 is 8.32 Å². The Bertz CT molecular complexity index is 277. The van der Waals surface area contributed by atoms with Crippen LogP contribution in [-0.2, 0) is 4.43 Å². The average molecular weight is 287 g/mol. The smallest absolute Gasteiger partial charge is 0.242 e. The lowest BCUT2D eigenvalue weighted by Gasteiger charge is -2.26. The lowest BCUT2D eigenvalue weighted by atomic mass is 10.1. The van der Waals surface area contributed by atoms with Gasteiger partial charge in [-0.1, -0.05) is 38.1 Å². The first-order chi connectivity index (χ1) is 7.99. The number of rotatable bonds is 7. The maximum Gasteiger partial charge on any atom is 0.242 e. The lowest BCUT2D eigenvalue weighted by molar-refractivity contribution is 0.458. The minimum Gasteiger partial charge on any atom is -0.540 e. The highest BCUT2D eigenvalue weighted by molar-refractivity contribution is 8.04. The molecule has 0 aromatic heterocycles. The molecule has 0 radical (unpaired) electrons. The molecule has 0 heterocycles. The molecule has 0 saturated carbocycles. The van der Waals surface area contributed by atoms with Crippen molar-refractivity contribution in [2.45, 2.75) is 71.3 Å². The van der Waals surface area contributed by atoms with E-state index >= 15 is 0 Å². The molecule has 0 aliphatic carbocycles. The van der Waals surface area contributed by atoms with Gasteiger partial charge in [0.25, 0.3) is 0 Å².